The van der Waals surface area contributed by atoms with Gasteiger partial charge in [0.2, 0.25) is 0 Å². The topological polar surface area (TPSA) is 116 Å². The summed E-state index contributed by atoms with van der Waals surface area (Å²) in [5.41, 5.74) is 9.36. The van der Waals surface area contributed by atoms with Crippen molar-refractivity contribution >= 4 is 11.6 Å². The number of rotatable bonds is 6. The molecule has 134 valence electrons. The van der Waals surface area contributed by atoms with Crippen LogP contribution in [0.1, 0.15) is 28.9 Å². The summed E-state index contributed by atoms with van der Waals surface area (Å²) in [5.74, 6) is 0.922. The molecule has 0 aliphatic rings. The lowest BCUT2D eigenvalue weighted by Gasteiger charge is -2.07. The maximum Gasteiger partial charge on any atom is 0.145 e. The molecule has 0 atom stereocenters. The van der Waals surface area contributed by atoms with Crippen LogP contribution in [0.4, 0.5) is 11.6 Å². The quantitative estimate of drug-likeness (QED) is 0.655. The Hall–Kier alpha value is -3.84. The zero-order chi connectivity index (χ0) is 19.2. The summed E-state index contributed by atoms with van der Waals surface area (Å²) in [6.07, 6.45) is 1.31. The summed E-state index contributed by atoms with van der Waals surface area (Å²) in [5, 5.41) is 26.3. The van der Waals surface area contributed by atoms with Crippen molar-refractivity contribution < 1.29 is 0 Å². The molecule has 7 nitrogen and oxygen atoms in total. The number of pyridine rings is 1. The average molecular weight is 357 g/mol. The number of hydrogen-bond donors (Lipinski definition) is 2. The Kier molecular flexibility index (Phi) is 5.34. The summed E-state index contributed by atoms with van der Waals surface area (Å²) in [6.45, 7) is 2.48. The van der Waals surface area contributed by atoms with E-state index < -0.39 is 0 Å². The molecule has 1 aromatic carbocycles. The number of hydrogen-bond acceptors (Lipinski definition) is 6. The molecule has 0 saturated carbocycles. The Morgan fingerprint density at radius 1 is 1.11 bits per heavy atom. The van der Waals surface area contributed by atoms with Crippen molar-refractivity contribution in [1.82, 2.24) is 14.8 Å². The standard InChI is InChI=1S/C20H19N7/c1-14-9-10-15(12-21)20(25-14)24-11-5-8-18-17(13-22)19(23)27(26-18)16-6-3-2-4-7-16/h2-4,6-7,9-10H,5,8,11,23H2,1H3,(H,24,25). The van der Waals surface area contributed by atoms with Crippen LogP contribution >= 0.6 is 0 Å². The Labute approximate surface area is 157 Å². The first-order valence-corrected chi connectivity index (χ1v) is 8.58. The van der Waals surface area contributed by atoms with Crippen LogP contribution in [0.15, 0.2) is 42.5 Å². The van der Waals surface area contributed by atoms with Crippen LogP contribution in [0, 0.1) is 29.6 Å². The van der Waals surface area contributed by atoms with E-state index in [4.69, 9.17) is 11.0 Å². The van der Waals surface area contributed by atoms with Crippen LogP contribution in [0.3, 0.4) is 0 Å². The van der Waals surface area contributed by atoms with E-state index in [9.17, 15) is 5.26 Å². The predicted octanol–water partition coefficient (Wildman–Crippen LogP) is 2.95. The zero-order valence-corrected chi connectivity index (χ0v) is 15.0. The van der Waals surface area contributed by atoms with Crippen LogP contribution in [0.25, 0.3) is 5.69 Å². The van der Waals surface area contributed by atoms with Crippen molar-refractivity contribution in [3.05, 3.63) is 65.0 Å². The van der Waals surface area contributed by atoms with Gasteiger partial charge >= 0.3 is 0 Å². The first-order valence-electron chi connectivity index (χ1n) is 8.58. The van der Waals surface area contributed by atoms with E-state index in [1.54, 1.807) is 10.7 Å². The number of para-hydroxylation sites is 1. The van der Waals surface area contributed by atoms with Crippen LogP contribution < -0.4 is 11.1 Å². The molecule has 0 fully saturated rings. The Bertz CT molecular complexity index is 1020. The van der Waals surface area contributed by atoms with Gasteiger partial charge in [0, 0.05) is 12.2 Å². The smallest absolute Gasteiger partial charge is 0.145 e. The summed E-state index contributed by atoms with van der Waals surface area (Å²) in [6, 6.07) is 17.3. The van der Waals surface area contributed by atoms with Crippen molar-refractivity contribution in [2.45, 2.75) is 19.8 Å². The lowest BCUT2D eigenvalue weighted by Crippen LogP contribution is -2.07. The Morgan fingerprint density at radius 3 is 2.59 bits per heavy atom. The molecule has 3 N–H and O–H groups in total. The molecule has 0 amide bonds. The number of nitrogens with two attached hydrogens (primary N) is 1. The van der Waals surface area contributed by atoms with Gasteiger partial charge in [-0.05, 0) is 44.0 Å². The zero-order valence-electron chi connectivity index (χ0n) is 15.0. The second kappa shape index (κ2) is 8.03. The largest absolute Gasteiger partial charge is 0.382 e. The second-order valence-corrected chi connectivity index (χ2v) is 6.06. The lowest BCUT2D eigenvalue weighted by molar-refractivity contribution is 0.789. The van der Waals surface area contributed by atoms with Gasteiger partial charge in [-0.2, -0.15) is 15.6 Å². The van der Waals surface area contributed by atoms with Gasteiger partial charge in [0.15, 0.2) is 0 Å². The van der Waals surface area contributed by atoms with Crippen molar-refractivity contribution in [3.8, 4) is 17.8 Å². The molecule has 3 rings (SSSR count). The molecule has 7 heteroatoms. The highest BCUT2D eigenvalue weighted by atomic mass is 15.3. The summed E-state index contributed by atoms with van der Waals surface area (Å²) in [4.78, 5) is 4.35. The van der Waals surface area contributed by atoms with Crippen molar-refractivity contribution in [3.63, 3.8) is 0 Å². The van der Waals surface area contributed by atoms with Crippen LogP contribution in [-0.4, -0.2) is 21.3 Å². The molecule has 0 radical (unpaired) electrons. The van der Waals surface area contributed by atoms with Gasteiger partial charge in [0.25, 0.3) is 0 Å². The number of anilines is 2. The molecule has 0 saturated heterocycles. The highest BCUT2D eigenvalue weighted by molar-refractivity contribution is 5.56. The molecular formula is C20H19N7. The Morgan fingerprint density at radius 2 is 1.89 bits per heavy atom. The van der Waals surface area contributed by atoms with Gasteiger partial charge in [-0.25, -0.2) is 9.67 Å². The summed E-state index contributed by atoms with van der Waals surface area (Å²) < 4.78 is 1.59. The number of aryl methyl sites for hydroxylation is 2. The minimum atomic E-state index is 0.346. The van der Waals surface area contributed by atoms with Gasteiger partial charge in [0.05, 0.1) is 16.9 Å². The number of nitriles is 2. The third-order valence-corrected chi connectivity index (χ3v) is 4.14. The SMILES string of the molecule is Cc1ccc(C#N)c(NCCCc2nn(-c3ccccc3)c(N)c2C#N)n1. The molecule has 0 aliphatic carbocycles. The normalized spacial score (nSPS) is 10.2. The highest BCUT2D eigenvalue weighted by Gasteiger charge is 2.16. The number of nitrogens with zero attached hydrogens (tertiary/aromatic N) is 5. The minimum Gasteiger partial charge on any atom is -0.382 e. The van der Waals surface area contributed by atoms with Crippen LogP contribution in [0.5, 0.6) is 0 Å². The molecular weight excluding hydrogens is 338 g/mol. The van der Waals surface area contributed by atoms with Crippen molar-refractivity contribution in [2.24, 2.45) is 0 Å². The van der Waals surface area contributed by atoms with E-state index in [0.717, 1.165) is 17.8 Å². The summed E-state index contributed by atoms with van der Waals surface area (Å²) >= 11 is 0. The van der Waals surface area contributed by atoms with Gasteiger partial charge in [-0.1, -0.05) is 18.2 Å². The monoisotopic (exact) mass is 357 g/mol. The molecule has 2 aromatic heterocycles. The molecule has 0 aliphatic heterocycles. The van der Waals surface area contributed by atoms with Gasteiger partial charge in [0.1, 0.15) is 29.3 Å². The maximum atomic E-state index is 9.45. The van der Waals surface area contributed by atoms with Gasteiger partial charge < -0.3 is 11.1 Å². The van der Waals surface area contributed by atoms with E-state index in [2.05, 4.69) is 27.5 Å². The fourth-order valence-electron chi connectivity index (χ4n) is 2.79. The Balaban J connectivity index is 1.70. The number of aromatic nitrogens is 3. The van der Waals surface area contributed by atoms with E-state index in [1.807, 2.05) is 43.3 Å². The van der Waals surface area contributed by atoms with Crippen LogP contribution in [0.2, 0.25) is 0 Å². The summed E-state index contributed by atoms with van der Waals surface area (Å²) in [7, 11) is 0. The maximum absolute atomic E-state index is 9.45. The number of nitrogen functional groups attached to an aromatic ring is 1. The van der Waals surface area contributed by atoms with Crippen molar-refractivity contribution in [1.29, 1.82) is 10.5 Å². The van der Waals surface area contributed by atoms with E-state index in [0.29, 0.717) is 41.4 Å². The number of nitrogens with one attached hydrogen (secondary N) is 1. The van der Waals surface area contributed by atoms with E-state index >= 15 is 0 Å². The molecule has 3 aromatic rings. The average Bonchev–Trinajstić information content (AvgIpc) is 3.01. The molecule has 0 bridgehead atoms. The van der Waals surface area contributed by atoms with Crippen LogP contribution in [-0.2, 0) is 6.42 Å². The second-order valence-electron chi connectivity index (χ2n) is 6.06. The van der Waals surface area contributed by atoms with Crippen molar-refractivity contribution in [2.75, 3.05) is 17.6 Å². The third-order valence-electron chi connectivity index (χ3n) is 4.14. The van der Waals surface area contributed by atoms with E-state index in [-0.39, 0.29) is 0 Å². The predicted molar refractivity (Wildman–Crippen MR) is 103 cm³/mol. The third kappa shape index (κ3) is 3.88. The van der Waals surface area contributed by atoms with E-state index in [1.165, 1.54) is 0 Å². The fourth-order valence-corrected chi connectivity index (χ4v) is 2.79. The minimum absolute atomic E-state index is 0.346. The van der Waals surface area contributed by atoms with Gasteiger partial charge in [-0.3, -0.25) is 0 Å². The highest BCUT2D eigenvalue weighted by Crippen LogP contribution is 2.21. The molecule has 2 heterocycles. The first-order chi connectivity index (χ1) is 13.1. The molecule has 0 unspecified atom stereocenters. The fraction of sp³-hybridized carbons (Fsp3) is 0.200. The molecule has 27 heavy (non-hydrogen) atoms. The van der Waals surface area contributed by atoms with Gasteiger partial charge in [-0.15, -0.1) is 0 Å². The molecule has 0 spiro atoms. The first kappa shape index (κ1) is 18.0. The lowest BCUT2D eigenvalue weighted by atomic mass is 10.1. The number of benzene rings is 1.